The van der Waals surface area contributed by atoms with Crippen molar-refractivity contribution in [3.8, 4) is 0 Å². The Kier molecular flexibility index (Phi) is 7.39. The topological polar surface area (TPSA) is 53.3 Å². The number of piperazine rings is 1. The number of anilines is 1. The Morgan fingerprint density at radius 3 is 2.26 bits per heavy atom. The molecule has 1 saturated heterocycles. The summed E-state index contributed by atoms with van der Waals surface area (Å²) in [5.74, 6) is 0.596. The van der Waals surface area contributed by atoms with E-state index in [1.807, 2.05) is 4.68 Å². The van der Waals surface area contributed by atoms with Gasteiger partial charge in [-0.25, -0.2) is 9.07 Å². The molecule has 2 aromatic carbocycles. The molecule has 0 spiro atoms. The molecule has 0 amide bonds. The van der Waals surface area contributed by atoms with Gasteiger partial charge in [-0.3, -0.25) is 9.80 Å². The lowest BCUT2D eigenvalue weighted by Gasteiger charge is -2.43. The van der Waals surface area contributed by atoms with Crippen LogP contribution >= 0.6 is 0 Å². The summed E-state index contributed by atoms with van der Waals surface area (Å²) in [6, 6.07) is 16.0. The quantitative estimate of drug-likeness (QED) is 0.513. The monoisotopic (exact) mass is 477 g/mol. The first-order valence-corrected chi connectivity index (χ1v) is 12.8. The highest BCUT2D eigenvalue weighted by atomic mass is 19.1. The molecule has 0 bridgehead atoms. The maximum absolute atomic E-state index is 13.4. The van der Waals surface area contributed by atoms with Crippen molar-refractivity contribution < 1.29 is 4.39 Å². The highest BCUT2D eigenvalue weighted by molar-refractivity contribution is 5.47. The van der Waals surface area contributed by atoms with Crippen LogP contribution in [0.2, 0.25) is 0 Å². The van der Waals surface area contributed by atoms with E-state index in [9.17, 15) is 4.39 Å². The third-order valence-electron chi connectivity index (χ3n) is 7.58. The van der Waals surface area contributed by atoms with E-state index in [1.54, 1.807) is 12.1 Å². The summed E-state index contributed by atoms with van der Waals surface area (Å²) in [6.45, 7) is 4.64. The largest absolute Gasteiger partial charge is 0.378 e. The molecular weight excluding hydrogens is 441 g/mol. The average Bonchev–Trinajstić information content (AvgIpc) is 3.34. The lowest BCUT2D eigenvalue weighted by atomic mass is 9.93. The van der Waals surface area contributed by atoms with Gasteiger partial charge in [0.25, 0.3) is 0 Å². The Balaban J connectivity index is 1.40. The molecule has 8 heteroatoms. The van der Waals surface area contributed by atoms with Gasteiger partial charge in [0.1, 0.15) is 5.82 Å². The molecule has 0 N–H and O–H groups in total. The Labute approximate surface area is 207 Å². The van der Waals surface area contributed by atoms with E-state index in [0.29, 0.717) is 6.54 Å². The standard InChI is InChI=1S/C27H36FN7/c1-32(2)24-14-10-22(11-15-24)26(34-18-16-33(17-19-34)25-6-4-3-5-7-25)27-29-30-31-35(27)20-21-8-12-23(28)13-9-21/h8-15,25-26H,3-7,16-20H2,1-2H3/t26-/m1/s1. The first-order valence-electron chi connectivity index (χ1n) is 12.8. The van der Waals surface area contributed by atoms with Crippen LogP contribution < -0.4 is 4.90 Å². The minimum Gasteiger partial charge on any atom is -0.378 e. The van der Waals surface area contributed by atoms with Crippen molar-refractivity contribution in [2.75, 3.05) is 45.2 Å². The first kappa shape index (κ1) is 23.9. The molecule has 186 valence electrons. The fourth-order valence-electron chi connectivity index (χ4n) is 5.57. The molecule has 2 heterocycles. The minimum atomic E-state index is -0.236. The summed E-state index contributed by atoms with van der Waals surface area (Å²) in [4.78, 5) is 7.33. The molecule has 0 unspecified atom stereocenters. The molecule has 1 saturated carbocycles. The lowest BCUT2D eigenvalue weighted by molar-refractivity contribution is 0.0620. The van der Waals surface area contributed by atoms with Crippen LogP contribution in [-0.4, -0.2) is 76.3 Å². The van der Waals surface area contributed by atoms with Crippen molar-refractivity contribution >= 4 is 5.69 Å². The number of rotatable bonds is 7. The number of benzene rings is 2. The van der Waals surface area contributed by atoms with Crippen LogP contribution in [0.25, 0.3) is 0 Å². The molecule has 7 nitrogen and oxygen atoms in total. The van der Waals surface area contributed by atoms with Crippen LogP contribution in [0.4, 0.5) is 10.1 Å². The first-order chi connectivity index (χ1) is 17.1. The summed E-state index contributed by atoms with van der Waals surface area (Å²) < 4.78 is 15.3. The van der Waals surface area contributed by atoms with Crippen molar-refractivity contribution in [2.45, 2.75) is 50.7 Å². The number of tetrazole rings is 1. The molecule has 5 rings (SSSR count). The zero-order valence-electron chi connectivity index (χ0n) is 20.9. The predicted octanol–water partition coefficient (Wildman–Crippen LogP) is 3.97. The number of nitrogens with zero attached hydrogens (tertiary/aromatic N) is 7. The van der Waals surface area contributed by atoms with Crippen molar-refractivity contribution in [1.82, 2.24) is 30.0 Å². The van der Waals surface area contributed by atoms with Crippen LogP contribution in [0.3, 0.4) is 0 Å². The van der Waals surface area contributed by atoms with E-state index in [2.05, 4.69) is 68.6 Å². The molecule has 3 aromatic rings. The molecule has 1 aliphatic heterocycles. The summed E-state index contributed by atoms with van der Waals surface area (Å²) in [5.41, 5.74) is 3.33. The van der Waals surface area contributed by atoms with Crippen LogP contribution in [0.15, 0.2) is 48.5 Å². The van der Waals surface area contributed by atoms with Crippen LogP contribution in [-0.2, 0) is 6.54 Å². The van der Waals surface area contributed by atoms with E-state index >= 15 is 0 Å². The van der Waals surface area contributed by atoms with Gasteiger partial charge in [0.05, 0.1) is 12.6 Å². The summed E-state index contributed by atoms with van der Waals surface area (Å²) in [7, 11) is 4.11. The maximum atomic E-state index is 13.4. The van der Waals surface area contributed by atoms with Gasteiger partial charge >= 0.3 is 0 Å². The van der Waals surface area contributed by atoms with Gasteiger partial charge in [-0.2, -0.15) is 0 Å². The second-order valence-electron chi connectivity index (χ2n) is 10.1. The third-order valence-corrected chi connectivity index (χ3v) is 7.58. The third kappa shape index (κ3) is 5.54. The Bertz CT molecular complexity index is 1070. The van der Waals surface area contributed by atoms with E-state index < -0.39 is 0 Å². The molecule has 2 fully saturated rings. The van der Waals surface area contributed by atoms with Crippen LogP contribution in [0.5, 0.6) is 0 Å². The smallest absolute Gasteiger partial charge is 0.173 e. The highest BCUT2D eigenvalue weighted by Gasteiger charge is 2.32. The van der Waals surface area contributed by atoms with Crippen LogP contribution in [0.1, 0.15) is 55.1 Å². The van der Waals surface area contributed by atoms with Gasteiger partial charge in [-0.1, -0.05) is 43.5 Å². The summed E-state index contributed by atoms with van der Waals surface area (Å²) in [5, 5.41) is 12.9. The highest BCUT2D eigenvalue weighted by Crippen LogP contribution is 2.31. The maximum Gasteiger partial charge on any atom is 0.173 e. The lowest BCUT2D eigenvalue weighted by Crippen LogP contribution is -2.52. The zero-order valence-corrected chi connectivity index (χ0v) is 20.9. The van der Waals surface area contributed by atoms with E-state index in [4.69, 9.17) is 0 Å². The average molecular weight is 478 g/mol. The van der Waals surface area contributed by atoms with Crippen molar-refractivity contribution in [1.29, 1.82) is 0 Å². The Hall–Kier alpha value is -2.84. The minimum absolute atomic E-state index is 0.0323. The number of halogens is 1. The number of aromatic nitrogens is 4. The predicted molar refractivity (Wildman–Crippen MR) is 136 cm³/mol. The van der Waals surface area contributed by atoms with E-state index in [-0.39, 0.29) is 11.9 Å². The van der Waals surface area contributed by atoms with Gasteiger partial charge in [0.15, 0.2) is 5.82 Å². The second-order valence-corrected chi connectivity index (χ2v) is 10.1. The van der Waals surface area contributed by atoms with Gasteiger partial charge in [0.2, 0.25) is 0 Å². The molecule has 1 atom stereocenters. The molecule has 0 radical (unpaired) electrons. The Morgan fingerprint density at radius 2 is 1.60 bits per heavy atom. The van der Waals surface area contributed by atoms with Gasteiger partial charge in [-0.05, 0) is 58.7 Å². The molecule has 1 aliphatic carbocycles. The zero-order chi connectivity index (χ0) is 24.2. The fraction of sp³-hybridized carbons (Fsp3) is 0.519. The summed E-state index contributed by atoms with van der Waals surface area (Å²) in [6.07, 6.45) is 6.79. The van der Waals surface area contributed by atoms with Gasteiger partial charge < -0.3 is 4.90 Å². The molecular formula is C27H36FN7. The van der Waals surface area contributed by atoms with Crippen molar-refractivity contribution in [2.24, 2.45) is 0 Å². The number of hydrogen-bond acceptors (Lipinski definition) is 6. The van der Waals surface area contributed by atoms with Crippen molar-refractivity contribution in [3.63, 3.8) is 0 Å². The van der Waals surface area contributed by atoms with Crippen LogP contribution in [0, 0.1) is 5.82 Å². The second kappa shape index (κ2) is 10.8. The van der Waals surface area contributed by atoms with Gasteiger partial charge in [-0.15, -0.1) is 5.10 Å². The molecule has 2 aliphatic rings. The molecule has 35 heavy (non-hydrogen) atoms. The van der Waals surface area contributed by atoms with Crippen molar-refractivity contribution in [3.05, 3.63) is 71.3 Å². The van der Waals surface area contributed by atoms with E-state index in [0.717, 1.165) is 43.6 Å². The fourth-order valence-corrected chi connectivity index (χ4v) is 5.57. The Morgan fingerprint density at radius 1 is 0.914 bits per heavy atom. The molecule has 1 aromatic heterocycles. The van der Waals surface area contributed by atoms with Gasteiger partial charge in [0, 0.05) is 52.0 Å². The SMILES string of the molecule is CN(C)c1ccc([C@H](c2nnnn2Cc2ccc(F)cc2)N2CCN(C3CCCCC3)CC2)cc1. The summed E-state index contributed by atoms with van der Waals surface area (Å²) >= 11 is 0. The number of hydrogen-bond donors (Lipinski definition) is 0. The normalized spacial score (nSPS) is 19.1. The van der Waals surface area contributed by atoms with E-state index in [1.165, 1.54) is 55.5 Å².